The maximum absolute atomic E-state index is 5.22. The van der Waals surface area contributed by atoms with Crippen LogP contribution in [0.4, 0.5) is 0 Å². The fourth-order valence-corrected chi connectivity index (χ4v) is 2.39. The van der Waals surface area contributed by atoms with E-state index in [1.165, 1.54) is 0 Å². The van der Waals surface area contributed by atoms with Gasteiger partial charge in [0.05, 0.1) is 0 Å². The number of hydrogen-bond acceptors (Lipinski definition) is 4. The maximum atomic E-state index is 5.22. The average Bonchev–Trinajstić information content (AvgIpc) is 2.24. The molecule has 0 bridgehead atoms. The van der Waals surface area contributed by atoms with Crippen molar-refractivity contribution in [3.8, 4) is 0 Å². The van der Waals surface area contributed by atoms with Gasteiger partial charge in [0.25, 0.3) is 0 Å². The molecule has 0 aromatic rings. The predicted molar refractivity (Wildman–Crippen MR) is 57.0 cm³/mol. The lowest BCUT2D eigenvalue weighted by molar-refractivity contribution is 0.138. The molecular weight excluding hydrogens is 200 g/mol. The van der Waals surface area contributed by atoms with Crippen LogP contribution in [0.25, 0.3) is 0 Å². The van der Waals surface area contributed by atoms with Gasteiger partial charge in [0.2, 0.25) is 0 Å². The van der Waals surface area contributed by atoms with Crippen LogP contribution in [0.3, 0.4) is 0 Å². The van der Waals surface area contributed by atoms with E-state index in [4.69, 9.17) is 18.0 Å². The smallest absolute Gasteiger partial charge is 0.385 e. The quantitative estimate of drug-likeness (QED) is 0.457. The lowest BCUT2D eigenvalue weighted by Crippen LogP contribution is -2.40. The second kappa shape index (κ2) is 8.13. The van der Waals surface area contributed by atoms with E-state index in [1.807, 2.05) is 11.8 Å². The number of hydrogen-bond donors (Lipinski definition) is 0. The zero-order valence-corrected chi connectivity index (χ0v) is 10.4. The predicted octanol–water partition coefficient (Wildman–Crippen LogP) is 1.39. The average molecular weight is 220 g/mol. The zero-order valence-electron chi connectivity index (χ0n) is 9.41. The van der Waals surface area contributed by atoms with Crippen LogP contribution in [0, 0.1) is 0 Å². The highest BCUT2D eigenvalue weighted by Gasteiger charge is 2.33. The van der Waals surface area contributed by atoms with Crippen LogP contribution in [0.5, 0.6) is 0 Å². The molecule has 4 nitrogen and oxygen atoms in total. The largest absolute Gasteiger partial charge is 0.528 e. The van der Waals surface area contributed by atoms with Gasteiger partial charge >= 0.3 is 8.80 Å². The lowest BCUT2D eigenvalue weighted by atomic mass is 10.3. The molecule has 0 saturated carbocycles. The number of ether oxygens (including phenoxy) is 1. The fourth-order valence-electron chi connectivity index (χ4n) is 1.03. The van der Waals surface area contributed by atoms with Crippen LogP contribution in [0.15, 0.2) is 11.8 Å². The van der Waals surface area contributed by atoms with Crippen molar-refractivity contribution in [2.45, 2.75) is 12.8 Å². The Morgan fingerprint density at radius 3 is 2.00 bits per heavy atom. The number of rotatable bonds is 8. The number of allylic oxidation sites excluding steroid dienone is 1. The van der Waals surface area contributed by atoms with Crippen molar-refractivity contribution in [1.82, 2.24) is 0 Å². The van der Waals surface area contributed by atoms with Gasteiger partial charge in [-0.1, -0.05) is 6.08 Å². The van der Waals surface area contributed by atoms with Crippen LogP contribution in [0.1, 0.15) is 12.8 Å². The minimum Gasteiger partial charge on any atom is -0.385 e. The zero-order chi connectivity index (χ0) is 10.9. The van der Waals surface area contributed by atoms with Crippen molar-refractivity contribution < 1.29 is 18.0 Å². The van der Waals surface area contributed by atoms with Gasteiger partial charge < -0.3 is 18.0 Å². The Kier molecular flexibility index (Phi) is 8.02. The molecule has 5 heteroatoms. The molecule has 0 saturated heterocycles. The minimum absolute atomic E-state index is 0.770. The SMILES string of the molecule is COCCCC=C[Si](OC)(OC)OC. The van der Waals surface area contributed by atoms with Crippen molar-refractivity contribution in [2.75, 3.05) is 35.0 Å². The Bertz CT molecular complexity index is 149. The highest BCUT2D eigenvalue weighted by molar-refractivity contribution is 6.66. The first-order valence-electron chi connectivity index (χ1n) is 4.56. The molecule has 0 unspecified atom stereocenters. The Morgan fingerprint density at radius 1 is 1.00 bits per heavy atom. The van der Waals surface area contributed by atoms with E-state index >= 15 is 0 Å². The Hall–Kier alpha value is -0.203. The van der Waals surface area contributed by atoms with E-state index in [-0.39, 0.29) is 0 Å². The van der Waals surface area contributed by atoms with Crippen molar-refractivity contribution in [1.29, 1.82) is 0 Å². The summed E-state index contributed by atoms with van der Waals surface area (Å²) in [5.74, 6) is 0. The molecule has 0 amide bonds. The second-order valence-electron chi connectivity index (χ2n) is 2.75. The molecule has 0 aromatic heterocycles. The molecule has 0 aliphatic carbocycles. The Balaban J connectivity index is 3.90. The molecule has 0 atom stereocenters. The second-order valence-corrected chi connectivity index (χ2v) is 5.52. The van der Waals surface area contributed by atoms with Gasteiger partial charge in [0.1, 0.15) is 0 Å². The molecule has 0 aliphatic heterocycles. The van der Waals surface area contributed by atoms with Gasteiger partial charge in [0, 0.05) is 35.0 Å². The lowest BCUT2D eigenvalue weighted by Gasteiger charge is -2.20. The number of unbranched alkanes of at least 4 members (excludes halogenated alkanes) is 1. The third kappa shape index (κ3) is 4.87. The van der Waals surface area contributed by atoms with E-state index in [1.54, 1.807) is 28.4 Å². The first-order valence-corrected chi connectivity index (χ1v) is 6.37. The molecule has 0 rings (SSSR count). The Morgan fingerprint density at radius 2 is 1.57 bits per heavy atom. The summed E-state index contributed by atoms with van der Waals surface area (Å²) in [6, 6.07) is 0. The molecule has 0 aromatic carbocycles. The summed E-state index contributed by atoms with van der Waals surface area (Å²) in [6.07, 6.45) is 3.95. The Labute approximate surface area is 87.2 Å². The molecule has 0 fully saturated rings. The summed E-state index contributed by atoms with van der Waals surface area (Å²) in [6.45, 7) is 0.770. The fraction of sp³-hybridized carbons (Fsp3) is 0.778. The number of methoxy groups -OCH3 is 1. The van der Waals surface area contributed by atoms with Gasteiger partial charge in [-0.3, -0.25) is 0 Å². The summed E-state index contributed by atoms with van der Waals surface area (Å²) >= 11 is 0. The maximum Gasteiger partial charge on any atom is 0.528 e. The van der Waals surface area contributed by atoms with Crippen molar-refractivity contribution in [3.63, 3.8) is 0 Å². The molecule has 84 valence electrons. The van der Waals surface area contributed by atoms with Crippen LogP contribution in [-0.2, 0) is 18.0 Å². The first kappa shape index (κ1) is 13.8. The third-order valence-corrected chi connectivity index (χ3v) is 4.25. The van der Waals surface area contributed by atoms with Crippen LogP contribution in [-0.4, -0.2) is 43.9 Å². The summed E-state index contributed by atoms with van der Waals surface area (Å²) in [7, 11) is 3.99. The minimum atomic E-state index is -2.50. The standard InChI is InChI=1S/C9H20O4Si/c1-10-8-6-5-7-9-14(11-2,12-3)13-4/h7,9H,5-6,8H2,1-4H3. The molecule has 14 heavy (non-hydrogen) atoms. The molecule has 0 heterocycles. The van der Waals surface area contributed by atoms with Crippen LogP contribution in [0.2, 0.25) is 0 Å². The van der Waals surface area contributed by atoms with Gasteiger partial charge in [0.15, 0.2) is 0 Å². The van der Waals surface area contributed by atoms with E-state index in [9.17, 15) is 0 Å². The molecule has 0 N–H and O–H groups in total. The highest BCUT2D eigenvalue weighted by atomic mass is 28.4. The first-order chi connectivity index (χ1) is 6.74. The summed E-state index contributed by atoms with van der Waals surface area (Å²) in [4.78, 5) is 0. The van der Waals surface area contributed by atoms with Gasteiger partial charge in [-0.25, -0.2) is 0 Å². The van der Waals surface area contributed by atoms with Crippen LogP contribution < -0.4 is 0 Å². The van der Waals surface area contributed by atoms with E-state index < -0.39 is 8.80 Å². The normalized spacial score (nSPS) is 12.6. The van der Waals surface area contributed by atoms with Crippen molar-refractivity contribution in [3.05, 3.63) is 11.8 Å². The molecule has 0 radical (unpaired) electrons. The van der Waals surface area contributed by atoms with Crippen LogP contribution >= 0.6 is 0 Å². The highest BCUT2D eigenvalue weighted by Crippen LogP contribution is 2.08. The van der Waals surface area contributed by atoms with Gasteiger partial charge in [-0.15, -0.1) is 0 Å². The monoisotopic (exact) mass is 220 g/mol. The molecule has 0 aliphatic rings. The third-order valence-electron chi connectivity index (χ3n) is 1.89. The summed E-state index contributed by atoms with van der Waals surface area (Å²) in [5, 5.41) is 0. The van der Waals surface area contributed by atoms with E-state index in [0.717, 1.165) is 19.4 Å². The summed E-state index contributed by atoms with van der Waals surface area (Å²) in [5.41, 5.74) is 1.89. The topological polar surface area (TPSA) is 36.9 Å². The van der Waals surface area contributed by atoms with Gasteiger partial charge in [-0.2, -0.15) is 0 Å². The van der Waals surface area contributed by atoms with Crippen molar-refractivity contribution >= 4 is 8.80 Å². The van der Waals surface area contributed by atoms with Crippen molar-refractivity contribution in [2.24, 2.45) is 0 Å². The molecular formula is C9H20O4Si. The van der Waals surface area contributed by atoms with Gasteiger partial charge in [-0.05, 0) is 18.5 Å². The summed E-state index contributed by atoms with van der Waals surface area (Å²) < 4.78 is 20.6. The van der Waals surface area contributed by atoms with E-state index in [2.05, 4.69) is 0 Å². The van der Waals surface area contributed by atoms with E-state index in [0.29, 0.717) is 0 Å². The molecule has 0 spiro atoms.